The van der Waals surface area contributed by atoms with Crippen LogP contribution in [0.2, 0.25) is 0 Å². The van der Waals surface area contributed by atoms with Gasteiger partial charge in [0.2, 0.25) is 5.78 Å². The number of Topliss-reactive ketones (excluding diaryl/α,β-unsaturated/α-hetero) is 1. The van der Waals surface area contributed by atoms with Crippen molar-refractivity contribution in [3.63, 3.8) is 0 Å². The van der Waals surface area contributed by atoms with E-state index in [1.165, 1.54) is 5.56 Å². The van der Waals surface area contributed by atoms with Gasteiger partial charge in [-0.15, -0.1) is 0 Å². The molecule has 0 atom stereocenters. The van der Waals surface area contributed by atoms with E-state index < -0.39 is 5.97 Å². The molecule has 4 aromatic rings. The highest BCUT2D eigenvalue weighted by atomic mass is 16.5. The van der Waals surface area contributed by atoms with Crippen molar-refractivity contribution in [2.75, 3.05) is 6.61 Å². The van der Waals surface area contributed by atoms with E-state index in [-0.39, 0.29) is 18.8 Å². The van der Waals surface area contributed by atoms with Gasteiger partial charge in [0.15, 0.2) is 6.61 Å². The van der Waals surface area contributed by atoms with Gasteiger partial charge in [-0.2, -0.15) is 0 Å². The first-order valence-electron chi connectivity index (χ1n) is 10.4. The number of benzene rings is 3. The number of fused-ring (bicyclic) bond motifs is 1. The molecular weight excluding hydrogens is 386 g/mol. The van der Waals surface area contributed by atoms with Crippen molar-refractivity contribution in [1.29, 1.82) is 0 Å². The predicted molar refractivity (Wildman–Crippen MR) is 122 cm³/mol. The summed E-state index contributed by atoms with van der Waals surface area (Å²) < 4.78 is 7.45. The molecule has 0 spiro atoms. The lowest BCUT2D eigenvalue weighted by atomic mass is 10.0. The number of hydrogen-bond donors (Lipinski definition) is 0. The molecule has 0 saturated carbocycles. The Kier molecular flexibility index (Phi) is 5.99. The van der Waals surface area contributed by atoms with Crippen molar-refractivity contribution in [3.8, 4) is 0 Å². The molecule has 31 heavy (non-hydrogen) atoms. The van der Waals surface area contributed by atoms with Gasteiger partial charge in [-0.25, -0.2) is 0 Å². The van der Waals surface area contributed by atoms with Gasteiger partial charge in [0, 0.05) is 23.5 Å². The second kappa shape index (κ2) is 9.00. The lowest BCUT2D eigenvalue weighted by Crippen LogP contribution is -2.16. The summed E-state index contributed by atoms with van der Waals surface area (Å²) in [6.07, 6.45) is 0.141. The summed E-state index contributed by atoms with van der Waals surface area (Å²) in [5.74, 6) is -0.582. The van der Waals surface area contributed by atoms with Gasteiger partial charge in [0.1, 0.15) is 0 Å². The average molecular weight is 412 g/mol. The van der Waals surface area contributed by atoms with Crippen LogP contribution in [0.3, 0.4) is 0 Å². The van der Waals surface area contributed by atoms with E-state index in [0.29, 0.717) is 12.1 Å². The van der Waals surface area contributed by atoms with Crippen LogP contribution in [0.4, 0.5) is 0 Å². The maximum absolute atomic E-state index is 12.8. The fourth-order valence-corrected chi connectivity index (χ4v) is 3.97. The molecule has 1 aromatic heterocycles. The normalized spacial score (nSPS) is 10.9. The lowest BCUT2D eigenvalue weighted by molar-refractivity contribution is -0.141. The molecule has 0 aliphatic carbocycles. The summed E-state index contributed by atoms with van der Waals surface area (Å²) >= 11 is 0. The van der Waals surface area contributed by atoms with E-state index in [2.05, 4.69) is 16.7 Å². The van der Waals surface area contributed by atoms with Crippen LogP contribution in [-0.2, 0) is 22.5 Å². The second-order valence-corrected chi connectivity index (χ2v) is 7.76. The van der Waals surface area contributed by atoms with E-state index in [1.807, 2.05) is 80.6 Å². The van der Waals surface area contributed by atoms with Gasteiger partial charge in [0.05, 0.1) is 6.42 Å². The minimum atomic E-state index is -0.400. The summed E-state index contributed by atoms with van der Waals surface area (Å²) in [5, 5.41) is 2.10. The maximum atomic E-state index is 12.8. The molecule has 4 rings (SSSR count). The first-order chi connectivity index (χ1) is 15.0. The molecule has 3 aromatic carbocycles. The summed E-state index contributed by atoms with van der Waals surface area (Å²) in [7, 11) is 0. The Morgan fingerprint density at radius 1 is 0.871 bits per heavy atom. The summed E-state index contributed by atoms with van der Waals surface area (Å²) in [5.41, 5.74) is 4.57. The summed E-state index contributed by atoms with van der Waals surface area (Å²) in [6, 6.07) is 25.8. The van der Waals surface area contributed by atoms with Crippen LogP contribution in [0.25, 0.3) is 10.8 Å². The number of aromatic nitrogens is 1. The van der Waals surface area contributed by atoms with Gasteiger partial charge >= 0.3 is 5.97 Å². The molecule has 0 fully saturated rings. The van der Waals surface area contributed by atoms with Crippen molar-refractivity contribution < 1.29 is 14.3 Å². The largest absolute Gasteiger partial charge is 0.457 e. The number of esters is 1. The Labute approximate surface area is 182 Å². The zero-order valence-corrected chi connectivity index (χ0v) is 17.8. The summed E-state index contributed by atoms with van der Waals surface area (Å²) in [6.45, 7) is 4.37. The zero-order valence-electron chi connectivity index (χ0n) is 17.8. The van der Waals surface area contributed by atoms with E-state index in [4.69, 9.17) is 4.74 Å². The second-order valence-electron chi connectivity index (χ2n) is 7.76. The Balaban J connectivity index is 1.42. The molecule has 0 bridgehead atoms. The molecule has 0 aliphatic rings. The lowest BCUT2D eigenvalue weighted by Gasteiger charge is -2.10. The third kappa shape index (κ3) is 4.58. The first-order valence-corrected chi connectivity index (χ1v) is 10.4. The van der Waals surface area contributed by atoms with Gasteiger partial charge < -0.3 is 9.30 Å². The molecule has 0 aliphatic heterocycles. The maximum Gasteiger partial charge on any atom is 0.310 e. The number of nitrogens with zero attached hydrogens (tertiary/aromatic N) is 1. The van der Waals surface area contributed by atoms with Crippen LogP contribution < -0.4 is 0 Å². The molecule has 4 nitrogen and oxygen atoms in total. The highest BCUT2D eigenvalue weighted by Gasteiger charge is 2.18. The first kappa shape index (κ1) is 20.6. The third-order valence-corrected chi connectivity index (χ3v) is 5.64. The molecule has 0 N–H and O–H groups in total. The minimum absolute atomic E-state index is 0.141. The highest BCUT2D eigenvalue weighted by molar-refractivity contribution is 5.99. The van der Waals surface area contributed by atoms with E-state index in [1.54, 1.807) is 0 Å². The predicted octanol–water partition coefficient (Wildman–Crippen LogP) is 5.28. The zero-order chi connectivity index (χ0) is 21.8. The Morgan fingerprint density at radius 3 is 2.39 bits per heavy atom. The molecule has 0 radical (unpaired) electrons. The van der Waals surface area contributed by atoms with E-state index >= 15 is 0 Å². The average Bonchev–Trinajstić information content (AvgIpc) is 3.07. The Bertz CT molecular complexity index is 1230. The van der Waals surface area contributed by atoms with E-state index in [9.17, 15) is 9.59 Å². The van der Waals surface area contributed by atoms with Crippen molar-refractivity contribution in [2.24, 2.45) is 0 Å². The highest BCUT2D eigenvalue weighted by Crippen LogP contribution is 2.20. The van der Waals surface area contributed by atoms with Gasteiger partial charge in [-0.05, 0) is 41.8 Å². The van der Waals surface area contributed by atoms with Gasteiger partial charge in [-0.3, -0.25) is 9.59 Å². The molecule has 0 saturated heterocycles. The smallest absolute Gasteiger partial charge is 0.310 e. The standard InChI is InChI=1S/C27H25NO3/c1-19-15-25(20(2)28(19)17-21-9-4-3-5-10-21)26(29)18-31-27(30)16-23-13-8-12-22-11-6-7-14-24(22)23/h3-15H,16-18H2,1-2H3. The molecule has 1 heterocycles. The van der Waals surface area contributed by atoms with Crippen LogP contribution in [0.1, 0.15) is 32.9 Å². The van der Waals surface area contributed by atoms with Crippen LogP contribution in [0, 0.1) is 13.8 Å². The van der Waals surface area contributed by atoms with Crippen LogP contribution >= 0.6 is 0 Å². The van der Waals surface area contributed by atoms with Crippen molar-refractivity contribution in [1.82, 2.24) is 4.57 Å². The van der Waals surface area contributed by atoms with Crippen LogP contribution in [-0.4, -0.2) is 22.9 Å². The summed E-state index contributed by atoms with van der Waals surface area (Å²) in [4.78, 5) is 25.2. The minimum Gasteiger partial charge on any atom is -0.457 e. The number of carbonyl (C=O) groups is 2. The monoisotopic (exact) mass is 411 g/mol. The molecule has 156 valence electrons. The van der Waals surface area contributed by atoms with Gasteiger partial charge in [-0.1, -0.05) is 72.8 Å². The van der Waals surface area contributed by atoms with Crippen molar-refractivity contribution in [3.05, 3.63) is 107 Å². The SMILES string of the molecule is Cc1cc(C(=O)COC(=O)Cc2cccc3ccccc23)c(C)n1Cc1ccccc1. The molecule has 0 unspecified atom stereocenters. The topological polar surface area (TPSA) is 48.3 Å². The number of hydrogen-bond acceptors (Lipinski definition) is 3. The Morgan fingerprint density at radius 2 is 1.58 bits per heavy atom. The van der Waals surface area contributed by atoms with Crippen LogP contribution in [0.15, 0.2) is 78.9 Å². The number of ether oxygens (including phenoxy) is 1. The number of rotatable bonds is 7. The number of carbonyl (C=O) groups excluding carboxylic acids is 2. The molecular formula is C27H25NO3. The number of ketones is 1. The molecule has 0 amide bonds. The van der Waals surface area contributed by atoms with Crippen molar-refractivity contribution >= 4 is 22.5 Å². The fraction of sp³-hybridized carbons (Fsp3) is 0.185. The quantitative estimate of drug-likeness (QED) is 0.307. The number of aryl methyl sites for hydroxylation is 1. The van der Waals surface area contributed by atoms with Crippen LogP contribution in [0.5, 0.6) is 0 Å². The third-order valence-electron chi connectivity index (χ3n) is 5.64. The van der Waals surface area contributed by atoms with Crippen molar-refractivity contribution in [2.45, 2.75) is 26.8 Å². The fourth-order valence-electron chi connectivity index (χ4n) is 3.97. The van der Waals surface area contributed by atoms with Gasteiger partial charge in [0.25, 0.3) is 0 Å². The molecule has 4 heteroatoms. The Hall–Kier alpha value is -3.66. The van der Waals surface area contributed by atoms with E-state index in [0.717, 1.165) is 27.7 Å².